The SMILES string of the molecule is CC1C2CCC(=O)C23CCC(C3)C1(C)C. The van der Waals surface area contributed by atoms with Crippen LogP contribution < -0.4 is 0 Å². The quantitative estimate of drug-likeness (QED) is 0.593. The highest BCUT2D eigenvalue weighted by atomic mass is 16.1. The highest BCUT2D eigenvalue weighted by molar-refractivity contribution is 5.88. The minimum Gasteiger partial charge on any atom is -0.299 e. The largest absolute Gasteiger partial charge is 0.299 e. The molecular formula is C14H22O. The van der Waals surface area contributed by atoms with Crippen molar-refractivity contribution in [2.24, 2.45) is 28.6 Å². The molecule has 1 nitrogen and oxygen atoms in total. The number of hydrogen-bond acceptors (Lipinski definition) is 1. The molecular weight excluding hydrogens is 184 g/mol. The van der Waals surface area contributed by atoms with Crippen molar-refractivity contribution in [1.82, 2.24) is 0 Å². The lowest BCUT2D eigenvalue weighted by Gasteiger charge is -2.49. The number of ketones is 1. The summed E-state index contributed by atoms with van der Waals surface area (Å²) >= 11 is 0. The molecule has 0 N–H and O–H groups in total. The fourth-order valence-corrected chi connectivity index (χ4v) is 4.94. The standard InChI is InChI=1S/C14H22O/c1-9-11-4-5-12(15)14(11)7-6-10(8-14)13(9,2)3/h9-11H,4-8H2,1-3H3. The van der Waals surface area contributed by atoms with E-state index in [4.69, 9.17) is 0 Å². The van der Waals surface area contributed by atoms with Gasteiger partial charge in [0.2, 0.25) is 0 Å². The number of carbonyl (C=O) groups is 1. The van der Waals surface area contributed by atoms with Crippen LogP contribution in [0.4, 0.5) is 0 Å². The molecule has 3 fully saturated rings. The van der Waals surface area contributed by atoms with Gasteiger partial charge >= 0.3 is 0 Å². The molecule has 3 rings (SSSR count). The van der Waals surface area contributed by atoms with Gasteiger partial charge in [0.05, 0.1) is 0 Å². The molecule has 0 aromatic rings. The van der Waals surface area contributed by atoms with Crippen LogP contribution in [0, 0.1) is 28.6 Å². The highest BCUT2D eigenvalue weighted by Crippen LogP contribution is 2.67. The lowest BCUT2D eigenvalue weighted by atomic mass is 9.54. The zero-order valence-electron chi connectivity index (χ0n) is 10.2. The second-order valence-corrected chi connectivity index (χ2v) is 6.77. The summed E-state index contributed by atoms with van der Waals surface area (Å²) in [6.07, 6.45) is 5.77. The first-order chi connectivity index (χ1) is 6.98. The van der Waals surface area contributed by atoms with E-state index in [0.29, 0.717) is 17.1 Å². The third-order valence-electron chi connectivity index (χ3n) is 6.33. The van der Waals surface area contributed by atoms with Crippen LogP contribution in [-0.2, 0) is 4.79 Å². The highest BCUT2D eigenvalue weighted by Gasteiger charge is 2.63. The Bertz CT molecular complexity index is 317. The smallest absolute Gasteiger partial charge is 0.139 e. The molecule has 0 radical (unpaired) electrons. The van der Waals surface area contributed by atoms with E-state index in [-0.39, 0.29) is 5.41 Å². The molecule has 1 heteroatoms. The zero-order valence-corrected chi connectivity index (χ0v) is 10.2. The van der Waals surface area contributed by atoms with Crippen molar-refractivity contribution in [1.29, 1.82) is 0 Å². The van der Waals surface area contributed by atoms with Crippen LogP contribution in [0.3, 0.4) is 0 Å². The van der Waals surface area contributed by atoms with E-state index in [9.17, 15) is 4.79 Å². The fraction of sp³-hybridized carbons (Fsp3) is 0.929. The second kappa shape index (κ2) is 2.67. The molecule has 84 valence electrons. The molecule has 4 unspecified atom stereocenters. The number of fused-ring (bicyclic) bond motifs is 1. The topological polar surface area (TPSA) is 17.1 Å². The molecule has 3 saturated carbocycles. The number of hydrogen-bond donors (Lipinski definition) is 0. The van der Waals surface area contributed by atoms with E-state index >= 15 is 0 Å². The van der Waals surface area contributed by atoms with Crippen molar-refractivity contribution in [3.05, 3.63) is 0 Å². The lowest BCUT2D eigenvalue weighted by Crippen LogP contribution is -2.45. The van der Waals surface area contributed by atoms with Crippen LogP contribution in [0.2, 0.25) is 0 Å². The summed E-state index contributed by atoms with van der Waals surface area (Å²) in [7, 11) is 0. The van der Waals surface area contributed by atoms with E-state index in [1.807, 2.05) is 0 Å². The Morgan fingerprint density at radius 2 is 2.00 bits per heavy atom. The lowest BCUT2D eigenvalue weighted by molar-refractivity contribution is -0.131. The van der Waals surface area contributed by atoms with Gasteiger partial charge in [0.25, 0.3) is 0 Å². The van der Waals surface area contributed by atoms with Gasteiger partial charge in [-0.3, -0.25) is 4.79 Å². The third kappa shape index (κ3) is 0.976. The average molecular weight is 206 g/mol. The molecule has 0 aromatic heterocycles. The maximum atomic E-state index is 12.1. The first-order valence-corrected chi connectivity index (χ1v) is 6.52. The first kappa shape index (κ1) is 9.86. The predicted octanol–water partition coefficient (Wildman–Crippen LogP) is 3.43. The second-order valence-electron chi connectivity index (χ2n) is 6.77. The van der Waals surface area contributed by atoms with Gasteiger partial charge in [-0.2, -0.15) is 0 Å². The van der Waals surface area contributed by atoms with Crippen LogP contribution in [-0.4, -0.2) is 5.78 Å². The molecule has 1 spiro atoms. The minimum absolute atomic E-state index is 0.152. The maximum absolute atomic E-state index is 12.1. The molecule has 0 heterocycles. The van der Waals surface area contributed by atoms with Crippen molar-refractivity contribution >= 4 is 5.78 Å². The summed E-state index contributed by atoms with van der Waals surface area (Å²) in [6, 6.07) is 0. The van der Waals surface area contributed by atoms with Gasteiger partial charge in [-0.25, -0.2) is 0 Å². The summed E-state index contributed by atoms with van der Waals surface area (Å²) in [4.78, 5) is 12.1. The average Bonchev–Trinajstić information content (AvgIpc) is 2.72. The molecule has 0 aliphatic heterocycles. The normalized spacial score (nSPS) is 51.9. The van der Waals surface area contributed by atoms with Gasteiger partial charge in [-0.15, -0.1) is 0 Å². The Morgan fingerprint density at radius 3 is 2.73 bits per heavy atom. The Kier molecular flexibility index (Phi) is 1.76. The van der Waals surface area contributed by atoms with Crippen LogP contribution in [0.25, 0.3) is 0 Å². The van der Waals surface area contributed by atoms with Crippen molar-refractivity contribution < 1.29 is 4.79 Å². The number of rotatable bonds is 0. The monoisotopic (exact) mass is 206 g/mol. The Morgan fingerprint density at radius 1 is 1.27 bits per heavy atom. The maximum Gasteiger partial charge on any atom is 0.139 e. The fourth-order valence-electron chi connectivity index (χ4n) is 4.94. The molecule has 15 heavy (non-hydrogen) atoms. The van der Waals surface area contributed by atoms with Crippen LogP contribution in [0.1, 0.15) is 52.9 Å². The van der Waals surface area contributed by atoms with Gasteiger partial charge in [0.1, 0.15) is 5.78 Å². The molecule has 0 saturated heterocycles. The van der Waals surface area contributed by atoms with Gasteiger partial charge in [0.15, 0.2) is 0 Å². The molecule has 0 aromatic carbocycles. The molecule has 3 aliphatic carbocycles. The summed E-state index contributed by atoms with van der Waals surface area (Å²) in [5.74, 6) is 2.87. The Hall–Kier alpha value is -0.330. The minimum atomic E-state index is 0.152. The summed E-state index contributed by atoms with van der Waals surface area (Å²) < 4.78 is 0. The molecule has 2 bridgehead atoms. The van der Waals surface area contributed by atoms with Crippen LogP contribution in [0.15, 0.2) is 0 Å². The van der Waals surface area contributed by atoms with Crippen molar-refractivity contribution in [3.63, 3.8) is 0 Å². The predicted molar refractivity (Wildman–Crippen MR) is 60.5 cm³/mol. The summed E-state index contributed by atoms with van der Waals surface area (Å²) in [5, 5.41) is 0. The van der Waals surface area contributed by atoms with Gasteiger partial charge < -0.3 is 0 Å². The van der Waals surface area contributed by atoms with Crippen LogP contribution >= 0.6 is 0 Å². The Balaban J connectivity index is 2.06. The van der Waals surface area contributed by atoms with E-state index < -0.39 is 0 Å². The van der Waals surface area contributed by atoms with E-state index in [1.54, 1.807) is 0 Å². The van der Waals surface area contributed by atoms with Crippen LogP contribution in [0.5, 0.6) is 0 Å². The van der Waals surface area contributed by atoms with Crippen molar-refractivity contribution in [3.8, 4) is 0 Å². The van der Waals surface area contributed by atoms with E-state index in [2.05, 4.69) is 20.8 Å². The number of Topliss-reactive ketones (excluding diaryl/α,β-unsaturated/α-hetero) is 1. The van der Waals surface area contributed by atoms with Crippen molar-refractivity contribution in [2.75, 3.05) is 0 Å². The summed E-state index contributed by atoms with van der Waals surface area (Å²) in [6.45, 7) is 7.26. The Labute approximate surface area is 92.6 Å². The first-order valence-electron chi connectivity index (χ1n) is 6.52. The van der Waals surface area contributed by atoms with E-state index in [1.165, 1.54) is 25.7 Å². The van der Waals surface area contributed by atoms with E-state index in [0.717, 1.165) is 18.3 Å². The summed E-state index contributed by atoms with van der Waals surface area (Å²) in [5.41, 5.74) is 0.620. The van der Waals surface area contributed by atoms with Gasteiger partial charge in [-0.1, -0.05) is 20.8 Å². The zero-order chi connectivity index (χ0) is 10.8. The van der Waals surface area contributed by atoms with Gasteiger partial charge in [-0.05, 0) is 48.9 Å². The van der Waals surface area contributed by atoms with Gasteiger partial charge in [0, 0.05) is 11.8 Å². The number of carbonyl (C=O) groups excluding carboxylic acids is 1. The molecule has 4 atom stereocenters. The third-order valence-corrected chi connectivity index (χ3v) is 6.33. The molecule has 0 amide bonds. The molecule has 3 aliphatic rings. The van der Waals surface area contributed by atoms with Crippen molar-refractivity contribution in [2.45, 2.75) is 52.9 Å².